The van der Waals surface area contributed by atoms with Crippen LogP contribution in [0.2, 0.25) is 10.0 Å². The van der Waals surface area contributed by atoms with E-state index in [0.717, 1.165) is 18.7 Å². The van der Waals surface area contributed by atoms with Crippen LogP contribution in [0.3, 0.4) is 0 Å². The summed E-state index contributed by atoms with van der Waals surface area (Å²) in [5, 5.41) is 4.97. The Hall–Kier alpha value is -0.280. The summed E-state index contributed by atoms with van der Waals surface area (Å²) in [6.07, 6.45) is 2.52. The first-order valence-corrected chi connectivity index (χ1v) is 6.76. The predicted octanol–water partition coefficient (Wildman–Crippen LogP) is 3.18. The van der Waals surface area contributed by atoms with Gasteiger partial charge in [0.1, 0.15) is 0 Å². The molecule has 1 atom stereocenters. The van der Waals surface area contributed by atoms with Crippen LogP contribution >= 0.6 is 23.2 Å². The molecule has 0 aromatic heterocycles. The van der Waals surface area contributed by atoms with Gasteiger partial charge in [-0.15, -0.1) is 0 Å². The lowest BCUT2D eigenvalue weighted by Crippen LogP contribution is -2.43. The van der Waals surface area contributed by atoms with Crippen LogP contribution in [0.25, 0.3) is 0 Å². The fourth-order valence-corrected chi connectivity index (χ4v) is 2.88. The molecule has 1 saturated heterocycles. The minimum absolute atomic E-state index is 0.575. The maximum Gasteiger partial charge on any atom is 0.0424 e. The molecule has 0 radical (unpaired) electrons. The Morgan fingerprint density at radius 3 is 2.65 bits per heavy atom. The van der Waals surface area contributed by atoms with Crippen molar-refractivity contribution in [1.29, 1.82) is 0 Å². The van der Waals surface area contributed by atoms with Gasteiger partial charge in [0.05, 0.1) is 0 Å². The lowest BCUT2D eigenvalue weighted by molar-refractivity contribution is 0.226. The largest absolute Gasteiger partial charge is 0.309 e. The van der Waals surface area contributed by atoms with Crippen LogP contribution in [0, 0.1) is 0 Å². The Bertz CT molecular complexity index is 361. The van der Waals surface area contributed by atoms with Gasteiger partial charge in [-0.05, 0) is 50.2 Å². The topological polar surface area (TPSA) is 15.3 Å². The zero-order valence-corrected chi connectivity index (χ0v) is 11.6. The van der Waals surface area contributed by atoms with Gasteiger partial charge in [-0.3, -0.25) is 0 Å². The van der Waals surface area contributed by atoms with Crippen LogP contribution in [0.4, 0.5) is 0 Å². The van der Waals surface area contributed by atoms with Crippen molar-refractivity contribution in [2.75, 3.05) is 20.1 Å². The van der Waals surface area contributed by atoms with Crippen LogP contribution < -0.4 is 5.32 Å². The molecule has 1 aliphatic heterocycles. The molecule has 1 heterocycles. The number of piperidine rings is 1. The van der Waals surface area contributed by atoms with E-state index in [1.54, 1.807) is 6.07 Å². The van der Waals surface area contributed by atoms with Crippen molar-refractivity contribution in [3.05, 3.63) is 33.8 Å². The third-order valence-electron chi connectivity index (χ3n) is 3.14. The monoisotopic (exact) mass is 272 g/mol. The van der Waals surface area contributed by atoms with E-state index in [9.17, 15) is 0 Å². The quantitative estimate of drug-likeness (QED) is 0.910. The number of likely N-dealkylation sites (tertiary alicyclic amines) is 1. The van der Waals surface area contributed by atoms with Crippen molar-refractivity contribution >= 4 is 23.2 Å². The van der Waals surface area contributed by atoms with Crippen molar-refractivity contribution in [2.24, 2.45) is 0 Å². The highest BCUT2D eigenvalue weighted by Crippen LogP contribution is 2.19. The lowest BCUT2D eigenvalue weighted by atomic mass is 10.1. The number of likely N-dealkylation sites (N-methyl/N-ethyl adjacent to an activating group) is 1. The fraction of sp³-hybridized carbons (Fsp3) is 0.538. The van der Waals surface area contributed by atoms with Gasteiger partial charge in [0.25, 0.3) is 0 Å². The van der Waals surface area contributed by atoms with E-state index in [1.807, 2.05) is 12.1 Å². The first-order valence-electron chi connectivity index (χ1n) is 6.00. The molecule has 4 heteroatoms. The summed E-state index contributed by atoms with van der Waals surface area (Å²) in [6.45, 7) is 3.16. The van der Waals surface area contributed by atoms with E-state index in [1.165, 1.54) is 19.4 Å². The SMILES string of the molecule is CN1CCCC(NCc2cc(Cl)cc(Cl)c2)C1. The minimum atomic E-state index is 0.575. The number of nitrogens with zero attached hydrogens (tertiary/aromatic N) is 1. The molecule has 1 fully saturated rings. The molecule has 17 heavy (non-hydrogen) atoms. The average molecular weight is 273 g/mol. The molecule has 94 valence electrons. The molecule has 1 aliphatic rings. The van der Waals surface area contributed by atoms with Crippen LogP contribution in [-0.2, 0) is 6.54 Å². The van der Waals surface area contributed by atoms with Crippen LogP contribution in [0.15, 0.2) is 18.2 Å². The van der Waals surface area contributed by atoms with Crippen LogP contribution in [0.1, 0.15) is 18.4 Å². The number of hydrogen-bond acceptors (Lipinski definition) is 2. The van der Waals surface area contributed by atoms with Gasteiger partial charge in [-0.2, -0.15) is 0 Å². The second-order valence-electron chi connectivity index (χ2n) is 4.76. The van der Waals surface area contributed by atoms with Crippen LogP contribution in [0.5, 0.6) is 0 Å². The number of hydrogen-bond donors (Lipinski definition) is 1. The summed E-state index contributed by atoms with van der Waals surface area (Å²) >= 11 is 11.9. The van der Waals surface area contributed by atoms with Gasteiger partial charge in [0.15, 0.2) is 0 Å². The summed E-state index contributed by atoms with van der Waals surface area (Å²) in [4.78, 5) is 2.37. The van der Waals surface area contributed by atoms with Gasteiger partial charge in [0.2, 0.25) is 0 Å². The third kappa shape index (κ3) is 4.14. The molecule has 1 aromatic carbocycles. The van der Waals surface area contributed by atoms with E-state index in [0.29, 0.717) is 16.1 Å². The highest BCUT2D eigenvalue weighted by Gasteiger charge is 2.16. The van der Waals surface area contributed by atoms with E-state index < -0.39 is 0 Å². The number of halogens is 2. The average Bonchev–Trinajstić information content (AvgIpc) is 2.25. The second-order valence-corrected chi connectivity index (χ2v) is 5.63. The molecule has 0 aliphatic carbocycles. The third-order valence-corrected chi connectivity index (χ3v) is 3.58. The highest BCUT2D eigenvalue weighted by molar-refractivity contribution is 6.34. The van der Waals surface area contributed by atoms with Crippen molar-refractivity contribution in [3.63, 3.8) is 0 Å². The zero-order valence-electron chi connectivity index (χ0n) is 10.0. The summed E-state index contributed by atoms with van der Waals surface area (Å²) in [7, 11) is 2.17. The first kappa shape index (κ1) is 13.2. The molecule has 0 amide bonds. The molecule has 2 nitrogen and oxygen atoms in total. The zero-order chi connectivity index (χ0) is 12.3. The van der Waals surface area contributed by atoms with Crippen molar-refractivity contribution in [2.45, 2.75) is 25.4 Å². The number of benzene rings is 1. The molecule has 1 aromatic rings. The normalized spacial score (nSPS) is 21.7. The standard InChI is InChI=1S/C13H18Cl2N2/c1-17-4-2-3-13(9-17)16-8-10-5-11(14)7-12(15)6-10/h5-7,13,16H,2-4,8-9H2,1H3. The maximum atomic E-state index is 5.97. The van der Waals surface area contributed by atoms with Gasteiger partial charge < -0.3 is 10.2 Å². The van der Waals surface area contributed by atoms with E-state index in [-0.39, 0.29) is 0 Å². The second kappa shape index (κ2) is 6.05. The van der Waals surface area contributed by atoms with Crippen molar-refractivity contribution < 1.29 is 0 Å². The summed E-state index contributed by atoms with van der Waals surface area (Å²) in [5.74, 6) is 0. The van der Waals surface area contributed by atoms with Crippen molar-refractivity contribution in [3.8, 4) is 0 Å². The Labute approximate surface area is 113 Å². The lowest BCUT2D eigenvalue weighted by Gasteiger charge is -2.30. The Kier molecular flexibility index (Phi) is 4.69. The van der Waals surface area contributed by atoms with E-state index in [2.05, 4.69) is 17.3 Å². The smallest absolute Gasteiger partial charge is 0.0424 e. The van der Waals surface area contributed by atoms with Gasteiger partial charge >= 0.3 is 0 Å². The summed E-state index contributed by atoms with van der Waals surface area (Å²) < 4.78 is 0. The molecule has 2 rings (SSSR count). The number of nitrogens with one attached hydrogen (secondary N) is 1. The van der Waals surface area contributed by atoms with Crippen molar-refractivity contribution in [1.82, 2.24) is 10.2 Å². The molecule has 0 bridgehead atoms. The fourth-order valence-electron chi connectivity index (χ4n) is 2.31. The molecule has 1 unspecified atom stereocenters. The van der Waals surface area contributed by atoms with Gasteiger partial charge in [-0.1, -0.05) is 23.2 Å². The molecular weight excluding hydrogens is 255 g/mol. The molecular formula is C13H18Cl2N2. The van der Waals surface area contributed by atoms with E-state index in [4.69, 9.17) is 23.2 Å². The van der Waals surface area contributed by atoms with E-state index >= 15 is 0 Å². The Morgan fingerprint density at radius 2 is 2.00 bits per heavy atom. The first-order chi connectivity index (χ1) is 8.13. The molecule has 1 N–H and O–H groups in total. The summed E-state index contributed by atoms with van der Waals surface area (Å²) in [5.41, 5.74) is 1.15. The maximum absolute atomic E-state index is 5.97. The summed E-state index contributed by atoms with van der Waals surface area (Å²) in [6, 6.07) is 6.27. The van der Waals surface area contributed by atoms with Gasteiger partial charge in [0, 0.05) is 29.2 Å². The minimum Gasteiger partial charge on any atom is -0.309 e. The Balaban J connectivity index is 1.88. The van der Waals surface area contributed by atoms with Crippen LogP contribution in [-0.4, -0.2) is 31.1 Å². The highest BCUT2D eigenvalue weighted by atomic mass is 35.5. The Morgan fingerprint density at radius 1 is 1.29 bits per heavy atom. The molecule has 0 spiro atoms. The number of rotatable bonds is 3. The molecule has 0 saturated carbocycles. The predicted molar refractivity (Wildman–Crippen MR) is 73.8 cm³/mol. The van der Waals surface area contributed by atoms with Gasteiger partial charge in [-0.25, -0.2) is 0 Å².